The zero-order valence-corrected chi connectivity index (χ0v) is 20.0. The highest BCUT2D eigenvalue weighted by Gasteiger charge is 2.24. The van der Waals surface area contributed by atoms with Gasteiger partial charge in [0.25, 0.3) is 0 Å². The van der Waals surface area contributed by atoms with Crippen LogP contribution in [0.4, 0.5) is 5.95 Å². The van der Waals surface area contributed by atoms with E-state index in [-0.39, 0.29) is 18.3 Å². The number of rotatable bonds is 4. The molecule has 1 atom stereocenters. The average molecular weight is 521 g/mol. The Morgan fingerprint density at radius 2 is 2.03 bits per heavy atom. The molecular weight excluding hydrogens is 498 g/mol. The SMILES string of the molecule is CC(Nc1nc2c(Br)cccc2c2nc(-c3cnn(C)c3)nn12)C(=O)N1CCNCC1.Cl. The normalized spacial score (nSPS) is 15.0. The third-order valence-electron chi connectivity index (χ3n) is 5.36. The van der Waals surface area contributed by atoms with Crippen molar-refractivity contribution in [2.75, 3.05) is 31.5 Å². The van der Waals surface area contributed by atoms with Crippen LogP contribution in [-0.2, 0) is 11.8 Å². The van der Waals surface area contributed by atoms with E-state index in [1.54, 1.807) is 15.4 Å². The first-order valence-electron chi connectivity index (χ1n) is 10.1. The van der Waals surface area contributed by atoms with Crippen molar-refractivity contribution in [1.82, 2.24) is 39.6 Å². The zero-order chi connectivity index (χ0) is 21.5. The molecule has 1 aromatic carbocycles. The molecule has 4 aromatic rings. The molecule has 1 unspecified atom stereocenters. The van der Waals surface area contributed by atoms with Crippen molar-refractivity contribution in [3.63, 3.8) is 0 Å². The number of benzene rings is 1. The molecule has 1 aliphatic rings. The van der Waals surface area contributed by atoms with E-state index in [9.17, 15) is 4.79 Å². The van der Waals surface area contributed by atoms with Crippen molar-refractivity contribution in [1.29, 1.82) is 0 Å². The van der Waals surface area contributed by atoms with Gasteiger partial charge in [0.15, 0.2) is 11.5 Å². The molecule has 1 aliphatic heterocycles. The predicted octanol–water partition coefficient (Wildman–Crippen LogP) is 2.09. The zero-order valence-electron chi connectivity index (χ0n) is 17.6. The molecule has 5 rings (SSSR count). The molecule has 4 heterocycles. The quantitative estimate of drug-likeness (QED) is 0.424. The van der Waals surface area contributed by atoms with Gasteiger partial charge in [-0.05, 0) is 35.0 Å². The van der Waals surface area contributed by atoms with Crippen LogP contribution >= 0.6 is 28.3 Å². The minimum atomic E-state index is -0.459. The summed E-state index contributed by atoms with van der Waals surface area (Å²) >= 11 is 3.59. The molecule has 0 aliphatic carbocycles. The smallest absolute Gasteiger partial charge is 0.244 e. The van der Waals surface area contributed by atoms with Gasteiger partial charge in [-0.2, -0.15) is 9.61 Å². The van der Waals surface area contributed by atoms with Gasteiger partial charge in [0.05, 0.1) is 17.3 Å². The number of anilines is 1. The maximum atomic E-state index is 12.9. The fraction of sp³-hybridized carbons (Fsp3) is 0.350. The lowest BCUT2D eigenvalue weighted by Crippen LogP contribution is -2.50. The van der Waals surface area contributed by atoms with Crippen LogP contribution in [0.5, 0.6) is 0 Å². The van der Waals surface area contributed by atoms with E-state index in [0.717, 1.165) is 34.0 Å². The molecule has 32 heavy (non-hydrogen) atoms. The van der Waals surface area contributed by atoms with E-state index in [1.165, 1.54) is 0 Å². The number of nitrogens with zero attached hydrogens (tertiary/aromatic N) is 7. The van der Waals surface area contributed by atoms with E-state index >= 15 is 0 Å². The van der Waals surface area contributed by atoms with Crippen molar-refractivity contribution < 1.29 is 4.79 Å². The molecule has 1 saturated heterocycles. The van der Waals surface area contributed by atoms with Gasteiger partial charge in [0, 0.05) is 49.3 Å². The Bertz CT molecular complexity index is 1280. The van der Waals surface area contributed by atoms with Crippen molar-refractivity contribution in [2.24, 2.45) is 7.05 Å². The van der Waals surface area contributed by atoms with Crippen molar-refractivity contribution in [2.45, 2.75) is 13.0 Å². The summed E-state index contributed by atoms with van der Waals surface area (Å²) in [5.74, 6) is 1.05. The fourth-order valence-electron chi connectivity index (χ4n) is 3.76. The fourth-order valence-corrected chi connectivity index (χ4v) is 4.22. The van der Waals surface area contributed by atoms with Crippen LogP contribution in [0.3, 0.4) is 0 Å². The van der Waals surface area contributed by atoms with Crippen molar-refractivity contribution in [3.05, 3.63) is 35.1 Å². The summed E-state index contributed by atoms with van der Waals surface area (Å²) in [6.07, 6.45) is 3.59. The third-order valence-corrected chi connectivity index (χ3v) is 6.00. The summed E-state index contributed by atoms with van der Waals surface area (Å²) in [5.41, 5.74) is 2.23. The monoisotopic (exact) mass is 519 g/mol. The first kappa shape index (κ1) is 22.4. The number of fused-ring (bicyclic) bond motifs is 3. The number of aryl methyl sites for hydroxylation is 1. The topological polar surface area (TPSA) is 105 Å². The Morgan fingerprint density at radius 3 is 2.75 bits per heavy atom. The molecule has 0 bridgehead atoms. The maximum absolute atomic E-state index is 12.9. The Hall–Kier alpha value is -2.76. The van der Waals surface area contributed by atoms with Crippen LogP contribution in [0, 0.1) is 0 Å². The number of halogens is 2. The van der Waals surface area contributed by atoms with Gasteiger partial charge < -0.3 is 15.5 Å². The van der Waals surface area contributed by atoms with Crippen LogP contribution in [0.2, 0.25) is 0 Å². The average Bonchev–Trinajstić information content (AvgIpc) is 3.41. The summed E-state index contributed by atoms with van der Waals surface area (Å²) in [7, 11) is 1.85. The van der Waals surface area contributed by atoms with Crippen LogP contribution in [-0.4, -0.2) is 72.4 Å². The van der Waals surface area contributed by atoms with E-state index in [4.69, 9.17) is 9.97 Å². The van der Waals surface area contributed by atoms with Crippen LogP contribution in [0.25, 0.3) is 27.9 Å². The van der Waals surface area contributed by atoms with Crippen molar-refractivity contribution in [3.8, 4) is 11.4 Å². The van der Waals surface area contributed by atoms with Gasteiger partial charge in [0.1, 0.15) is 6.04 Å². The van der Waals surface area contributed by atoms with Gasteiger partial charge >= 0.3 is 0 Å². The van der Waals surface area contributed by atoms with E-state index in [0.29, 0.717) is 30.5 Å². The number of piperazine rings is 1. The first-order valence-corrected chi connectivity index (χ1v) is 10.9. The Labute approximate surface area is 198 Å². The number of para-hydroxylation sites is 1. The second-order valence-electron chi connectivity index (χ2n) is 7.59. The molecule has 2 N–H and O–H groups in total. The van der Waals surface area contributed by atoms with E-state index in [1.807, 2.05) is 43.3 Å². The summed E-state index contributed by atoms with van der Waals surface area (Å²) < 4.78 is 4.22. The lowest BCUT2D eigenvalue weighted by atomic mass is 10.2. The highest BCUT2D eigenvalue weighted by molar-refractivity contribution is 9.10. The number of nitrogens with one attached hydrogen (secondary N) is 2. The second kappa shape index (κ2) is 9.00. The van der Waals surface area contributed by atoms with E-state index in [2.05, 4.69) is 36.8 Å². The summed E-state index contributed by atoms with van der Waals surface area (Å²) in [6.45, 7) is 4.86. The third kappa shape index (κ3) is 4.03. The van der Waals surface area contributed by atoms with Crippen LogP contribution in [0.15, 0.2) is 35.1 Å². The molecular formula is C20H23BrClN9O. The summed E-state index contributed by atoms with van der Waals surface area (Å²) in [6, 6.07) is 5.38. The molecule has 10 nitrogen and oxygen atoms in total. The van der Waals surface area contributed by atoms with E-state index < -0.39 is 6.04 Å². The van der Waals surface area contributed by atoms with Gasteiger partial charge in [-0.25, -0.2) is 9.97 Å². The largest absolute Gasteiger partial charge is 0.343 e. The molecule has 168 valence electrons. The summed E-state index contributed by atoms with van der Waals surface area (Å²) in [5, 5.41) is 16.3. The molecule has 3 aromatic heterocycles. The van der Waals surface area contributed by atoms with Crippen molar-refractivity contribution >= 4 is 56.7 Å². The molecule has 1 fully saturated rings. The molecule has 0 spiro atoms. The van der Waals surface area contributed by atoms with Gasteiger partial charge in [-0.15, -0.1) is 17.5 Å². The number of aromatic nitrogens is 6. The highest BCUT2D eigenvalue weighted by atomic mass is 79.9. The number of carbonyl (C=O) groups is 1. The van der Waals surface area contributed by atoms with Gasteiger partial charge in [0.2, 0.25) is 11.9 Å². The Kier molecular flexibility index (Phi) is 6.31. The second-order valence-corrected chi connectivity index (χ2v) is 8.44. The molecule has 0 radical (unpaired) electrons. The minimum absolute atomic E-state index is 0. The van der Waals surface area contributed by atoms with Gasteiger partial charge in [-0.3, -0.25) is 9.48 Å². The minimum Gasteiger partial charge on any atom is -0.343 e. The molecule has 1 amide bonds. The number of hydrogen-bond acceptors (Lipinski definition) is 7. The first-order chi connectivity index (χ1) is 15.0. The van der Waals surface area contributed by atoms with Crippen LogP contribution in [0.1, 0.15) is 6.92 Å². The lowest BCUT2D eigenvalue weighted by molar-refractivity contribution is -0.132. The standard InChI is InChI=1S/C20H22BrN9O.ClH/c1-12(19(31)29-8-6-22-7-9-29)24-20-25-16-14(4-3-5-15(16)21)18-26-17(27-30(18)20)13-10-23-28(2)11-13;/h3-5,10-12,22H,6-9H2,1-2H3,(H,24,25);1H. The number of carbonyl (C=O) groups excluding carboxylic acids is 1. The number of amides is 1. The lowest BCUT2D eigenvalue weighted by Gasteiger charge is -2.30. The Morgan fingerprint density at radius 1 is 1.25 bits per heavy atom. The molecule has 0 saturated carbocycles. The predicted molar refractivity (Wildman–Crippen MR) is 128 cm³/mol. The molecule has 12 heteroatoms. The number of hydrogen-bond donors (Lipinski definition) is 2. The highest BCUT2D eigenvalue weighted by Crippen LogP contribution is 2.28. The Balaban J connectivity index is 0.00000245. The van der Waals surface area contributed by atoms with Crippen LogP contribution < -0.4 is 10.6 Å². The van der Waals surface area contributed by atoms with Gasteiger partial charge in [-0.1, -0.05) is 6.07 Å². The maximum Gasteiger partial charge on any atom is 0.244 e. The summed E-state index contributed by atoms with van der Waals surface area (Å²) in [4.78, 5) is 24.4.